The highest BCUT2D eigenvalue weighted by Crippen LogP contribution is 2.24. The Balaban J connectivity index is 2.03. The third-order valence-electron chi connectivity index (χ3n) is 2.26. The van der Waals surface area contributed by atoms with E-state index in [2.05, 4.69) is 15.9 Å². The maximum absolute atomic E-state index is 11.3. The molecule has 0 aliphatic carbocycles. The van der Waals surface area contributed by atoms with Crippen LogP contribution in [0.5, 0.6) is 5.75 Å². The largest absolute Gasteiger partial charge is 0.488 e. The van der Waals surface area contributed by atoms with Crippen LogP contribution >= 0.6 is 27.3 Å². The summed E-state index contributed by atoms with van der Waals surface area (Å²) in [5, 5.41) is 0. The number of sulfone groups is 1. The molecule has 18 heavy (non-hydrogen) atoms. The van der Waals surface area contributed by atoms with E-state index in [4.69, 9.17) is 4.74 Å². The van der Waals surface area contributed by atoms with Crippen LogP contribution in [-0.4, -0.2) is 14.7 Å². The molecule has 1 aromatic carbocycles. The number of benzene rings is 1. The van der Waals surface area contributed by atoms with Crippen molar-refractivity contribution in [2.24, 2.45) is 0 Å². The van der Waals surface area contributed by atoms with E-state index in [0.717, 1.165) is 8.66 Å². The van der Waals surface area contributed by atoms with E-state index >= 15 is 0 Å². The molecule has 2 rings (SSSR count). The van der Waals surface area contributed by atoms with Gasteiger partial charge < -0.3 is 4.74 Å². The molecular weight excluding hydrogens is 336 g/mol. The first-order chi connectivity index (χ1) is 8.45. The molecule has 0 amide bonds. The van der Waals surface area contributed by atoms with E-state index in [-0.39, 0.29) is 0 Å². The van der Waals surface area contributed by atoms with Gasteiger partial charge in [-0.1, -0.05) is 0 Å². The smallest absolute Gasteiger partial charge is 0.175 e. The molecule has 1 heterocycles. The van der Waals surface area contributed by atoms with Crippen molar-refractivity contribution in [1.29, 1.82) is 0 Å². The van der Waals surface area contributed by atoms with Gasteiger partial charge in [0.05, 0.1) is 8.68 Å². The highest BCUT2D eigenvalue weighted by Gasteiger charge is 2.06. The lowest BCUT2D eigenvalue weighted by molar-refractivity contribution is 0.309. The fraction of sp³-hybridized carbons (Fsp3) is 0.167. The van der Waals surface area contributed by atoms with Gasteiger partial charge >= 0.3 is 0 Å². The summed E-state index contributed by atoms with van der Waals surface area (Å²) in [6.07, 6.45) is 1.19. The molecule has 0 radical (unpaired) electrons. The van der Waals surface area contributed by atoms with Gasteiger partial charge in [0.15, 0.2) is 9.84 Å². The monoisotopic (exact) mass is 346 g/mol. The summed E-state index contributed by atoms with van der Waals surface area (Å²) < 4.78 is 29.2. The minimum absolute atomic E-state index is 0.300. The summed E-state index contributed by atoms with van der Waals surface area (Å²) >= 11 is 5.00. The average Bonchev–Trinajstić information content (AvgIpc) is 2.72. The standard InChI is InChI=1S/C12H11BrO3S2/c1-18(14,15)11-5-2-9(3-6-11)16-8-10-4-7-12(13)17-10/h2-7H,8H2,1H3. The highest BCUT2D eigenvalue weighted by atomic mass is 79.9. The second-order valence-corrected chi connectivity index (χ2v) is 8.30. The van der Waals surface area contributed by atoms with Crippen molar-refractivity contribution in [3.63, 3.8) is 0 Å². The molecule has 0 spiro atoms. The number of thiophene rings is 1. The normalized spacial score (nSPS) is 11.4. The van der Waals surface area contributed by atoms with Gasteiger partial charge in [-0.3, -0.25) is 0 Å². The van der Waals surface area contributed by atoms with Crippen molar-refractivity contribution in [3.8, 4) is 5.75 Å². The minimum Gasteiger partial charge on any atom is -0.488 e. The Morgan fingerprint density at radius 3 is 2.33 bits per heavy atom. The van der Waals surface area contributed by atoms with Crippen molar-refractivity contribution in [2.45, 2.75) is 11.5 Å². The lowest BCUT2D eigenvalue weighted by atomic mass is 10.3. The predicted octanol–water partition coefficient (Wildman–Crippen LogP) is 3.49. The third kappa shape index (κ3) is 3.57. The molecule has 2 aromatic rings. The van der Waals surface area contributed by atoms with Crippen molar-refractivity contribution in [2.75, 3.05) is 6.26 Å². The summed E-state index contributed by atoms with van der Waals surface area (Å²) in [7, 11) is -3.14. The van der Waals surface area contributed by atoms with E-state index in [1.165, 1.54) is 6.26 Å². The molecule has 0 aliphatic heterocycles. The number of ether oxygens (including phenoxy) is 1. The van der Waals surface area contributed by atoms with Gasteiger partial charge in [-0.05, 0) is 52.3 Å². The Hall–Kier alpha value is -0.850. The van der Waals surface area contributed by atoms with Crippen molar-refractivity contribution >= 4 is 37.1 Å². The van der Waals surface area contributed by atoms with Crippen LogP contribution in [0.15, 0.2) is 45.1 Å². The van der Waals surface area contributed by atoms with Crippen molar-refractivity contribution in [3.05, 3.63) is 45.1 Å². The minimum atomic E-state index is -3.14. The lowest BCUT2D eigenvalue weighted by Crippen LogP contribution is -1.97. The fourth-order valence-electron chi connectivity index (χ4n) is 1.37. The molecule has 0 saturated heterocycles. The maximum atomic E-state index is 11.3. The van der Waals surface area contributed by atoms with Crippen LogP contribution in [0.25, 0.3) is 0 Å². The van der Waals surface area contributed by atoms with Crippen LogP contribution < -0.4 is 4.74 Å². The molecule has 96 valence electrons. The van der Waals surface area contributed by atoms with E-state index in [1.807, 2.05) is 12.1 Å². The van der Waals surface area contributed by atoms with Crippen LogP contribution in [0.3, 0.4) is 0 Å². The van der Waals surface area contributed by atoms with E-state index in [9.17, 15) is 8.42 Å². The van der Waals surface area contributed by atoms with Crippen LogP contribution in [0.1, 0.15) is 4.88 Å². The molecular formula is C12H11BrO3S2. The third-order valence-corrected chi connectivity index (χ3v) is 4.99. The lowest BCUT2D eigenvalue weighted by Gasteiger charge is -2.05. The topological polar surface area (TPSA) is 43.4 Å². The molecule has 0 saturated carbocycles. The van der Waals surface area contributed by atoms with E-state index in [0.29, 0.717) is 17.3 Å². The van der Waals surface area contributed by atoms with Crippen LogP contribution in [0.2, 0.25) is 0 Å². The molecule has 0 N–H and O–H groups in total. The van der Waals surface area contributed by atoms with Gasteiger partial charge in [-0.15, -0.1) is 11.3 Å². The average molecular weight is 347 g/mol. The first-order valence-corrected chi connectivity index (χ1v) is 8.62. The van der Waals surface area contributed by atoms with Crippen molar-refractivity contribution < 1.29 is 13.2 Å². The zero-order valence-electron chi connectivity index (χ0n) is 9.59. The zero-order valence-corrected chi connectivity index (χ0v) is 12.8. The number of hydrogen-bond donors (Lipinski definition) is 0. The molecule has 6 heteroatoms. The molecule has 0 aliphatic rings. The number of rotatable bonds is 4. The van der Waals surface area contributed by atoms with Gasteiger partial charge in [0.1, 0.15) is 12.4 Å². The zero-order chi connectivity index (χ0) is 13.2. The molecule has 0 unspecified atom stereocenters. The second-order valence-electron chi connectivity index (χ2n) is 3.74. The van der Waals surface area contributed by atoms with Crippen LogP contribution in [0, 0.1) is 0 Å². The summed E-state index contributed by atoms with van der Waals surface area (Å²) in [6, 6.07) is 10.4. The van der Waals surface area contributed by atoms with Crippen LogP contribution in [-0.2, 0) is 16.4 Å². The fourth-order valence-corrected chi connectivity index (χ4v) is 3.39. The Morgan fingerprint density at radius 2 is 1.83 bits per heavy atom. The van der Waals surface area contributed by atoms with Gasteiger partial charge in [0, 0.05) is 11.1 Å². The summed E-state index contributed by atoms with van der Waals surface area (Å²) in [6.45, 7) is 0.481. The molecule has 0 atom stereocenters. The Morgan fingerprint density at radius 1 is 1.17 bits per heavy atom. The van der Waals surface area contributed by atoms with Gasteiger partial charge in [0.25, 0.3) is 0 Å². The quantitative estimate of drug-likeness (QED) is 0.850. The number of hydrogen-bond acceptors (Lipinski definition) is 4. The highest BCUT2D eigenvalue weighted by molar-refractivity contribution is 9.11. The van der Waals surface area contributed by atoms with Crippen LogP contribution in [0.4, 0.5) is 0 Å². The predicted molar refractivity (Wildman–Crippen MR) is 75.9 cm³/mol. The van der Waals surface area contributed by atoms with Gasteiger partial charge in [-0.2, -0.15) is 0 Å². The first kappa shape index (κ1) is 13.6. The van der Waals surface area contributed by atoms with Gasteiger partial charge in [0.2, 0.25) is 0 Å². The summed E-state index contributed by atoms with van der Waals surface area (Å²) in [5.41, 5.74) is 0. The Kier molecular flexibility index (Phi) is 4.09. The first-order valence-electron chi connectivity index (χ1n) is 5.12. The number of halogens is 1. The Bertz CT molecular complexity index is 630. The molecule has 3 nitrogen and oxygen atoms in total. The van der Waals surface area contributed by atoms with E-state index in [1.54, 1.807) is 35.6 Å². The molecule has 1 aromatic heterocycles. The summed E-state index contributed by atoms with van der Waals surface area (Å²) in [5.74, 6) is 0.659. The summed E-state index contributed by atoms with van der Waals surface area (Å²) in [4.78, 5) is 1.41. The van der Waals surface area contributed by atoms with Gasteiger partial charge in [-0.25, -0.2) is 8.42 Å². The Labute approximate surface area is 118 Å². The molecule has 0 bridgehead atoms. The maximum Gasteiger partial charge on any atom is 0.175 e. The molecule has 0 fully saturated rings. The van der Waals surface area contributed by atoms with E-state index < -0.39 is 9.84 Å². The van der Waals surface area contributed by atoms with Crippen molar-refractivity contribution in [1.82, 2.24) is 0 Å². The second kappa shape index (κ2) is 5.42. The SMILES string of the molecule is CS(=O)(=O)c1ccc(OCc2ccc(Br)s2)cc1.